The number of anilines is 1. The number of hydrogen-bond acceptors (Lipinski definition) is 6. The molecule has 1 aliphatic rings. The maximum absolute atomic E-state index is 5.23. The molecule has 27 heavy (non-hydrogen) atoms. The van der Waals surface area contributed by atoms with Gasteiger partial charge < -0.3 is 14.2 Å². The van der Waals surface area contributed by atoms with Gasteiger partial charge in [-0.3, -0.25) is 9.30 Å². The molecule has 0 aromatic carbocycles. The summed E-state index contributed by atoms with van der Waals surface area (Å²) in [6.45, 7) is 13.1. The monoisotopic (exact) mass is 368 g/mol. The Hall–Kier alpha value is -2.38. The molecular formula is C20H28N6O. The highest BCUT2D eigenvalue weighted by atomic mass is 16.3. The highest BCUT2D eigenvalue weighted by Crippen LogP contribution is 2.26. The van der Waals surface area contributed by atoms with Crippen molar-refractivity contribution >= 4 is 11.5 Å². The zero-order valence-electron chi connectivity index (χ0n) is 16.2. The van der Waals surface area contributed by atoms with Gasteiger partial charge >= 0.3 is 0 Å². The summed E-state index contributed by atoms with van der Waals surface area (Å²) in [5, 5.41) is 0. The molecule has 4 heterocycles. The van der Waals surface area contributed by atoms with Gasteiger partial charge in [0.25, 0.3) is 0 Å². The van der Waals surface area contributed by atoms with E-state index in [9.17, 15) is 0 Å². The summed E-state index contributed by atoms with van der Waals surface area (Å²) in [6, 6.07) is 1.95. The van der Waals surface area contributed by atoms with Gasteiger partial charge in [-0.05, 0) is 19.2 Å². The normalized spacial score (nSPS) is 15.9. The van der Waals surface area contributed by atoms with Crippen molar-refractivity contribution in [1.82, 2.24) is 24.2 Å². The Labute approximate surface area is 160 Å². The predicted molar refractivity (Wildman–Crippen MR) is 107 cm³/mol. The Balaban J connectivity index is 1.45. The van der Waals surface area contributed by atoms with Crippen LogP contribution in [0.3, 0.4) is 0 Å². The van der Waals surface area contributed by atoms with E-state index in [0.29, 0.717) is 0 Å². The molecule has 0 radical (unpaired) electrons. The van der Waals surface area contributed by atoms with E-state index < -0.39 is 0 Å². The van der Waals surface area contributed by atoms with Crippen molar-refractivity contribution in [3.05, 3.63) is 37.2 Å². The van der Waals surface area contributed by atoms with E-state index in [-0.39, 0.29) is 0 Å². The number of imidazole rings is 1. The van der Waals surface area contributed by atoms with Crippen LogP contribution in [-0.2, 0) is 0 Å². The van der Waals surface area contributed by atoms with Crippen LogP contribution in [0.25, 0.3) is 16.9 Å². The number of aromatic nitrogens is 3. The topological polar surface area (TPSA) is 53.0 Å². The second kappa shape index (κ2) is 8.10. The summed E-state index contributed by atoms with van der Waals surface area (Å²) in [7, 11) is 0. The van der Waals surface area contributed by atoms with Gasteiger partial charge in [0.05, 0.1) is 24.4 Å². The van der Waals surface area contributed by atoms with Crippen molar-refractivity contribution < 1.29 is 4.42 Å². The maximum Gasteiger partial charge on any atom is 0.180 e. The molecule has 0 bridgehead atoms. The van der Waals surface area contributed by atoms with E-state index in [4.69, 9.17) is 9.40 Å². The predicted octanol–water partition coefficient (Wildman–Crippen LogP) is 2.45. The number of likely N-dealkylation sites (N-methyl/N-ethyl adjacent to an activating group) is 1. The van der Waals surface area contributed by atoms with Gasteiger partial charge in [0.1, 0.15) is 0 Å². The maximum atomic E-state index is 5.23. The second-order valence-corrected chi connectivity index (χ2v) is 6.96. The Morgan fingerprint density at radius 2 is 1.93 bits per heavy atom. The lowest BCUT2D eigenvalue weighted by atomic mass is 10.2. The van der Waals surface area contributed by atoms with Crippen molar-refractivity contribution in [2.24, 2.45) is 0 Å². The molecule has 0 spiro atoms. The molecule has 1 aliphatic heterocycles. The Morgan fingerprint density at radius 1 is 1.11 bits per heavy atom. The number of fused-ring (bicyclic) bond motifs is 1. The fraction of sp³-hybridized carbons (Fsp3) is 0.500. The molecule has 0 aliphatic carbocycles. The van der Waals surface area contributed by atoms with Crippen LogP contribution in [0.5, 0.6) is 0 Å². The molecule has 3 aromatic rings. The van der Waals surface area contributed by atoms with Crippen molar-refractivity contribution in [3.63, 3.8) is 0 Å². The minimum absolute atomic E-state index is 0.908. The minimum atomic E-state index is 0.908. The third-order valence-corrected chi connectivity index (χ3v) is 5.53. The van der Waals surface area contributed by atoms with E-state index in [2.05, 4.69) is 37.9 Å². The zero-order valence-corrected chi connectivity index (χ0v) is 16.2. The lowest BCUT2D eigenvalue weighted by molar-refractivity contribution is 0.206. The van der Waals surface area contributed by atoms with Crippen LogP contribution in [0, 0.1) is 0 Å². The first-order valence-electron chi connectivity index (χ1n) is 9.84. The molecule has 0 atom stereocenters. The highest BCUT2D eigenvalue weighted by Gasteiger charge is 2.21. The van der Waals surface area contributed by atoms with E-state index in [1.807, 2.05) is 24.7 Å². The van der Waals surface area contributed by atoms with Gasteiger partial charge in [0.2, 0.25) is 0 Å². The van der Waals surface area contributed by atoms with Gasteiger partial charge in [0, 0.05) is 57.2 Å². The summed E-state index contributed by atoms with van der Waals surface area (Å²) < 4.78 is 7.32. The van der Waals surface area contributed by atoms with E-state index in [0.717, 1.165) is 75.1 Å². The standard InChI is InChI=1S/C20H28N6O/c1-3-23(4-2)8-9-24-10-12-25(13-11-24)19-20-21-6-7-26(20)18(15-22-19)17-5-14-27-16-17/h5-7,14-16H,3-4,8-13H2,1-2H3. The lowest BCUT2D eigenvalue weighted by Crippen LogP contribution is -2.48. The van der Waals surface area contributed by atoms with Gasteiger partial charge in [-0.1, -0.05) is 13.8 Å². The molecule has 0 amide bonds. The molecule has 0 unspecified atom stereocenters. The molecule has 7 nitrogen and oxygen atoms in total. The van der Waals surface area contributed by atoms with E-state index in [1.54, 1.807) is 12.5 Å². The van der Waals surface area contributed by atoms with Crippen molar-refractivity contribution in [2.75, 3.05) is 57.3 Å². The van der Waals surface area contributed by atoms with Crippen molar-refractivity contribution in [3.8, 4) is 11.3 Å². The SMILES string of the molecule is CCN(CC)CCN1CCN(c2ncc(-c3ccoc3)n3ccnc23)CC1. The lowest BCUT2D eigenvalue weighted by Gasteiger charge is -2.36. The largest absolute Gasteiger partial charge is 0.472 e. The number of rotatable bonds is 7. The fourth-order valence-electron chi connectivity index (χ4n) is 3.76. The number of furan rings is 1. The summed E-state index contributed by atoms with van der Waals surface area (Å²) >= 11 is 0. The van der Waals surface area contributed by atoms with Crippen molar-refractivity contribution in [1.29, 1.82) is 0 Å². The third kappa shape index (κ3) is 3.70. The van der Waals surface area contributed by atoms with Crippen LogP contribution in [-0.4, -0.2) is 76.5 Å². The summed E-state index contributed by atoms with van der Waals surface area (Å²) in [5.41, 5.74) is 2.92. The molecule has 1 fully saturated rings. The number of piperazine rings is 1. The van der Waals surface area contributed by atoms with Crippen LogP contribution in [0.2, 0.25) is 0 Å². The van der Waals surface area contributed by atoms with Crippen LogP contribution >= 0.6 is 0 Å². The van der Waals surface area contributed by atoms with E-state index in [1.165, 1.54) is 0 Å². The van der Waals surface area contributed by atoms with Crippen LogP contribution in [0.1, 0.15) is 13.8 Å². The van der Waals surface area contributed by atoms with Crippen molar-refractivity contribution in [2.45, 2.75) is 13.8 Å². The second-order valence-electron chi connectivity index (χ2n) is 6.96. The number of nitrogens with zero attached hydrogens (tertiary/aromatic N) is 6. The van der Waals surface area contributed by atoms with Crippen LogP contribution < -0.4 is 4.90 Å². The van der Waals surface area contributed by atoms with Gasteiger partial charge in [-0.15, -0.1) is 0 Å². The Bertz CT molecular complexity index is 847. The first-order chi connectivity index (χ1) is 13.3. The van der Waals surface area contributed by atoms with Gasteiger partial charge in [0.15, 0.2) is 11.5 Å². The molecule has 3 aromatic heterocycles. The summed E-state index contributed by atoms with van der Waals surface area (Å²) in [5.74, 6) is 0.968. The van der Waals surface area contributed by atoms with Gasteiger partial charge in [-0.25, -0.2) is 9.97 Å². The molecule has 144 valence electrons. The fourth-order valence-corrected chi connectivity index (χ4v) is 3.76. The average Bonchev–Trinajstić information content (AvgIpc) is 3.41. The van der Waals surface area contributed by atoms with E-state index >= 15 is 0 Å². The molecule has 0 saturated carbocycles. The van der Waals surface area contributed by atoms with Crippen LogP contribution in [0.15, 0.2) is 41.6 Å². The number of hydrogen-bond donors (Lipinski definition) is 0. The quantitative estimate of drug-likeness (QED) is 0.639. The summed E-state index contributed by atoms with van der Waals surface area (Å²) in [4.78, 5) is 16.7. The molecule has 7 heteroatoms. The average molecular weight is 368 g/mol. The summed E-state index contributed by atoms with van der Waals surface area (Å²) in [6.07, 6.45) is 9.17. The molecule has 0 N–H and O–H groups in total. The zero-order chi connectivity index (χ0) is 18.6. The van der Waals surface area contributed by atoms with Gasteiger partial charge in [-0.2, -0.15) is 0 Å². The van der Waals surface area contributed by atoms with Crippen LogP contribution in [0.4, 0.5) is 5.82 Å². The first-order valence-corrected chi connectivity index (χ1v) is 9.84. The molecular weight excluding hydrogens is 340 g/mol. The molecule has 1 saturated heterocycles. The Morgan fingerprint density at radius 3 is 2.63 bits per heavy atom. The first kappa shape index (κ1) is 18.0. The third-order valence-electron chi connectivity index (χ3n) is 5.53. The Kier molecular flexibility index (Phi) is 5.40. The highest BCUT2D eigenvalue weighted by molar-refractivity contribution is 5.70. The molecule has 4 rings (SSSR count). The minimum Gasteiger partial charge on any atom is -0.472 e. The smallest absolute Gasteiger partial charge is 0.180 e.